The first-order valence-electron chi connectivity index (χ1n) is 6.72. The van der Waals surface area contributed by atoms with Crippen LogP contribution < -0.4 is 0 Å². The maximum Gasteiger partial charge on any atom is 0.254 e. The van der Waals surface area contributed by atoms with Crippen LogP contribution in [0.4, 0.5) is 0 Å². The Bertz CT molecular complexity index is 654. The van der Waals surface area contributed by atoms with Gasteiger partial charge in [0.05, 0.1) is 0 Å². The van der Waals surface area contributed by atoms with Crippen molar-refractivity contribution in [3.8, 4) is 0 Å². The second-order valence-corrected chi connectivity index (χ2v) is 6.70. The van der Waals surface area contributed by atoms with E-state index >= 15 is 0 Å². The van der Waals surface area contributed by atoms with E-state index in [1.54, 1.807) is 0 Å². The van der Waals surface area contributed by atoms with E-state index in [0.29, 0.717) is 11.3 Å². The topological polar surface area (TPSA) is 20.3 Å². The maximum absolute atomic E-state index is 12.6. The van der Waals surface area contributed by atoms with Gasteiger partial charge in [0, 0.05) is 29.2 Å². The van der Waals surface area contributed by atoms with Crippen LogP contribution in [0.25, 0.3) is 10.8 Å². The second kappa shape index (κ2) is 4.27. The Morgan fingerprint density at radius 2 is 2.00 bits per heavy atom. The molecule has 2 aliphatic rings. The Balaban J connectivity index is 1.68. The summed E-state index contributed by atoms with van der Waals surface area (Å²) in [6.07, 6.45) is 1.18. The van der Waals surface area contributed by atoms with Crippen molar-refractivity contribution in [1.82, 2.24) is 4.90 Å². The lowest BCUT2D eigenvalue weighted by molar-refractivity contribution is 0.0748. The molecule has 2 nitrogen and oxygen atoms in total. The van der Waals surface area contributed by atoms with Gasteiger partial charge in [-0.2, -0.15) is 11.8 Å². The van der Waals surface area contributed by atoms with Gasteiger partial charge in [-0.05, 0) is 29.3 Å². The van der Waals surface area contributed by atoms with Gasteiger partial charge in [-0.25, -0.2) is 0 Å². The number of nitrogens with zero attached hydrogens (tertiary/aromatic N) is 1. The van der Waals surface area contributed by atoms with Crippen molar-refractivity contribution in [2.45, 2.75) is 17.7 Å². The highest BCUT2D eigenvalue weighted by Gasteiger charge is 2.41. The molecule has 2 aliphatic heterocycles. The minimum absolute atomic E-state index is 0.207. The molecule has 2 aromatic carbocycles. The predicted molar refractivity (Wildman–Crippen MR) is 79.6 cm³/mol. The summed E-state index contributed by atoms with van der Waals surface area (Å²) >= 11 is 2.02. The first-order valence-corrected chi connectivity index (χ1v) is 7.77. The van der Waals surface area contributed by atoms with Crippen molar-refractivity contribution >= 4 is 28.4 Å². The summed E-state index contributed by atoms with van der Waals surface area (Å²) in [7, 11) is 0. The molecular formula is C16H15NOS. The fourth-order valence-electron chi connectivity index (χ4n) is 3.14. The highest BCUT2D eigenvalue weighted by molar-refractivity contribution is 8.00. The second-order valence-electron chi connectivity index (χ2n) is 5.36. The average Bonchev–Trinajstić information content (AvgIpc) is 3.08. The summed E-state index contributed by atoms with van der Waals surface area (Å²) in [6.45, 7) is 0.932. The molecule has 3 heteroatoms. The number of hydrogen-bond acceptors (Lipinski definition) is 2. The van der Waals surface area contributed by atoms with E-state index in [9.17, 15) is 4.79 Å². The first kappa shape index (κ1) is 11.4. The molecule has 4 rings (SSSR count). The van der Waals surface area contributed by atoms with Crippen LogP contribution in [-0.4, -0.2) is 34.4 Å². The SMILES string of the molecule is O=C(c1ccc2ccccc2c1)N1CC2CC1CS2. The zero-order chi connectivity index (χ0) is 12.8. The van der Waals surface area contributed by atoms with Crippen LogP contribution in [0.15, 0.2) is 42.5 Å². The molecule has 19 heavy (non-hydrogen) atoms. The van der Waals surface area contributed by atoms with Gasteiger partial charge < -0.3 is 4.90 Å². The molecule has 2 bridgehead atoms. The fourth-order valence-corrected chi connectivity index (χ4v) is 4.57. The molecule has 1 amide bonds. The van der Waals surface area contributed by atoms with Crippen molar-refractivity contribution in [3.05, 3.63) is 48.0 Å². The number of carbonyl (C=O) groups excluding carboxylic acids is 1. The Kier molecular flexibility index (Phi) is 2.55. The van der Waals surface area contributed by atoms with E-state index in [1.165, 1.54) is 11.8 Å². The minimum Gasteiger partial charge on any atom is -0.334 e. The van der Waals surface area contributed by atoms with Crippen molar-refractivity contribution in [2.75, 3.05) is 12.3 Å². The Labute approximate surface area is 116 Å². The van der Waals surface area contributed by atoms with Gasteiger partial charge in [0.2, 0.25) is 0 Å². The van der Waals surface area contributed by atoms with Crippen molar-refractivity contribution in [3.63, 3.8) is 0 Å². The lowest BCUT2D eigenvalue weighted by Gasteiger charge is -2.26. The molecule has 2 atom stereocenters. The van der Waals surface area contributed by atoms with Crippen molar-refractivity contribution < 1.29 is 4.79 Å². The van der Waals surface area contributed by atoms with Crippen LogP contribution in [0, 0.1) is 0 Å². The van der Waals surface area contributed by atoms with Crippen LogP contribution in [0.2, 0.25) is 0 Å². The zero-order valence-corrected chi connectivity index (χ0v) is 11.4. The smallest absolute Gasteiger partial charge is 0.254 e. The molecule has 0 saturated carbocycles. The summed E-state index contributed by atoms with van der Waals surface area (Å²) in [6, 6.07) is 14.7. The Hall–Kier alpha value is -1.48. The summed E-state index contributed by atoms with van der Waals surface area (Å²) in [5.74, 6) is 1.32. The summed E-state index contributed by atoms with van der Waals surface area (Å²) in [4.78, 5) is 14.7. The van der Waals surface area contributed by atoms with Crippen LogP contribution in [-0.2, 0) is 0 Å². The lowest BCUT2D eigenvalue weighted by Crippen LogP contribution is -2.39. The molecule has 96 valence electrons. The Morgan fingerprint density at radius 3 is 2.74 bits per heavy atom. The summed E-state index contributed by atoms with van der Waals surface area (Å²) in [5.41, 5.74) is 0.830. The predicted octanol–water partition coefficient (Wildman–Crippen LogP) is 3.17. The van der Waals surface area contributed by atoms with Gasteiger partial charge >= 0.3 is 0 Å². The fraction of sp³-hybridized carbons (Fsp3) is 0.312. The Morgan fingerprint density at radius 1 is 1.16 bits per heavy atom. The molecule has 0 aliphatic carbocycles. The number of fused-ring (bicyclic) bond motifs is 3. The van der Waals surface area contributed by atoms with Crippen LogP contribution in [0.3, 0.4) is 0 Å². The van der Waals surface area contributed by atoms with Crippen LogP contribution in [0.5, 0.6) is 0 Å². The summed E-state index contributed by atoms with van der Waals surface area (Å²) < 4.78 is 0. The third-order valence-electron chi connectivity index (χ3n) is 4.16. The first-order chi connectivity index (χ1) is 9.31. The molecule has 0 N–H and O–H groups in total. The normalized spacial score (nSPS) is 25.2. The molecule has 2 fully saturated rings. The lowest BCUT2D eigenvalue weighted by atomic mass is 10.1. The number of benzene rings is 2. The van der Waals surface area contributed by atoms with Crippen LogP contribution >= 0.6 is 11.8 Å². The monoisotopic (exact) mass is 269 g/mol. The highest BCUT2D eigenvalue weighted by atomic mass is 32.2. The van der Waals surface area contributed by atoms with Crippen molar-refractivity contribution in [1.29, 1.82) is 0 Å². The number of carbonyl (C=O) groups is 1. The van der Waals surface area contributed by atoms with Gasteiger partial charge in [-0.3, -0.25) is 4.79 Å². The molecule has 0 radical (unpaired) electrons. The third kappa shape index (κ3) is 1.84. The number of rotatable bonds is 1. The van der Waals surface area contributed by atoms with E-state index in [-0.39, 0.29) is 5.91 Å². The number of amides is 1. The standard InChI is InChI=1S/C16H15NOS/c18-16(17-9-15-8-14(17)10-19-15)13-6-5-11-3-1-2-4-12(11)7-13/h1-7,14-15H,8-10H2. The third-order valence-corrected chi connectivity index (χ3v) is 5.55. The minimum atomic E-state index is 0.207. The molecule has 2 saturated heterocycles. The molecule has 2 heterocycles. The molecule has 0 aromatic heterocycles. The zero-order valence-electron chi connectivity index (χ0n) is 10.6. The van der Waals surface area contributed by atoms with E-state index in [1.807, 2.05) is 42.1 Å². The molecule has 0 spiro atoms. The number of hydrogen-bond donors (Lipinski definition) is 0. The highest BCUT2D eigenvalue weighted by Crippen LogP contribution is 2.38. The molecular weight excluding hydrogens is 254 g/mol. The maximum atomic E-state index is 12.6. The van der Waals surface area contributed by atoms with E-state index < -0.39 is 0 Å². The van der Waals surface area contributed by atoms with Gasteiger partial charge in [-0.15, -0.1) is 0 Å². The van der Waals surface area contributed by atoms with E-state index in [2.05, 4.69) is 17.0 Å². The average molecular weight is 269 g/mol. The quantitative estimate of drug-likeness (QED) is 0.792. The van der Waals surface area contributed by atoms with Gasteiger partial charge in [-0.1, -0.05) is 30.3 Å². The molecule has 2 aromatic rings. The van der Waals surface area contributed by atoms with E-state index in [0.717, 1.165) is 23.2 Å². The van der Waals surface area contributed by atoms with Gasteiger partial charge in [0.15, 0.2) is 0 Å². The largest absolute Gasteiger partial charge is 0.334 e. The van der Waals surface area contributed by atoms with Gasteiger partial charge in [0.1, 0.15) is 0 Å². The van der Waals surface area contributed by atoms with Crippen molar-refractivity contribution in [2.24, 2.45) is 0 Å². The molecule has 2 unspecified atom stereocenters. The number of thioether (sulfide) groups is 1. The summed E-state index contributed by atoms with van der Waals surface area (Å²) in [5, 5.41) is 3.01. The van der Waals surface area contributed by atoms with E-state index in [4.69, 9.17) is 0 Å². The van der Waals surface area contributed by atoms with Gasteiger partial charge in [0.25, 0.3) is 5.91 Å². The number of likely N-dealkylation sites (tertiary alicyclic amines) is 1. The van der Waals surface area contributed by atoms with Crippen LogP contribution in [0.1, 0.15) is 16.8 Å².